The van der Waals surface area contributed by atoms with E-state index in [4.69, 9.17) is 0 Å². The van der Waals surface area contributed by atoms with Gasteiger partial charge in [-0.2, -0.15) is 0 Å². The van der Waals surface area contributed by atoms with Crippen LogP contribution in [0.5, 0.6) is 0 Å². The Hall–Kier alpha value is -0.170. The lowest BCUT2D eigenvalue weighted by atomic mass is 9.75. The standard InChI is InChI=1S/C11H25N3O2S/c1-12-8-9-17(15,16)14(4)10-11(13(2)3)6-5-7-11/h12H,5-10H2,1-4H3. The van der Waals surface area contributed by atoms with E-state index >= 15 is 0 Å². The van der Waals surface area contributed by atoms with E-state index in [0.29, 0.717) is 13.1 Å². The highest BCUT2D eigenvalue weighted by Crippen LogP contribution is 2.36. The molecular weight excluding hydrogens is 238 g/mol. The molecule has 5 nitrogen and oxygen atoms in total. The smallest absolute Gasteiger partial charge is 0.215 e. The Labute approximate surface area is 105 Å². The first-order chi connectivity index (χ1) is 7.84. The second-order valence-electron chi connectivity index (χ2n) is 5.15. The zero-order chi connectivity index (χ0) is 13.1. The van der Waals surface area contributed by atoms with Crippen molar-refractivity contribution in [1.29, 1.82) is 0 Å². The molecule has 0 bridgehead atoms. The normalized spacial score (nSPS) is 19.6. The van der Waals surface area contributed by atoms with E-state index in [1.54, 1.807) is 14.1 Å². The van der Waals surface area contributed by atoms with Crippen LogP contribution in [0.1, 0.15) is 19.3 Å². The van der Waals surface area contributed by atoms with Crippen molar-refractivity contribution in [2.75, 3.05) is 47.0 Å². The predicted octanol–water partition coefficient (Wildman–Crippen LogP) is -0.0483. The fourth-order valence-electron chi connectivity index (χ4n) is 2.23. The molecule has 0 atom stereocenters. The molecule has 0 amide bonds. The lowest BCUT2D eigenvalue weighted by molar-refractivity contribution is 0.0455. The predicted molar refractivity (Wildman–Crippen MR) is 70.6 cm³/mol. The van der Waals surface area contributed by atoms with Gasteiger partial charge in [0.1, 0.15) is 0 Å². The summed E-state index contributed by atoms with van der Waals surface area (Å²) in [7, 11) is 4.40. The van der Waals surface area contributed by atoms with Crippen molar-refractivity contribution in [1.82, 2.24) is 14.5 Å². The molecule has 102 valence electrons. The number of nitrogens with zero attached hydrogens (tertiary/aromatic N) is 2. The van der Waals surface area contributed by atoms with E-state index < -0.39 is 10.0 Å². The molecular formula is C11H25N3O2S. The molecule has 1 aliphatic rings. The molecule has 1 aliphatic carbocycles. The number of hydrogen-bond acceptors (Lipinski definition) is 4. The fourth-order valence-corrected chi connectivity index (χ4v) is 3.44. The van der Waals surface area contributed by atoms with Crippen LogP contribution < -0.4 is 5.32 Å². The van der Waals surface area contributed by atoms with E-state index in [9.17, 15) is 8.42 Å². The van der Waals surface area contributed by atoms with Crippen LogP contribution in [0.4, 0.5) is 0 Å². The van der Waals surface area contributed by atoms with Crippen LogP contribution in [0.15, 0.2) is 0 Å². The summed E-state index contributed by atoms with van der Waals surface area (Å²) in [6.45, 7) is 1.10. The van der Waals surface area contributed by atoms with Crippen LogP contribution >= 0.6 is 0 Å². The topological polar surface area (TPSA) is 52.7 Å². The van der Waals surface area contributed by atoms with Gasteiger partial charge in [0.25, 0.3) is 0 Å². The third-order valence-corrected chi connectivity index (χ3v) is 5.63. The Kier molecular flexibility index (Phi) is 4.95. The third-order valence-electron chi connectivity index (χ3n) is 3.83. The Morgan fingerprint density at radius 3 is 2.18 bits per heavy atom. The zero-order valence-electron chi connectivity index (χ0n) is 11.4. The largest absolute Gasteiger partial charge is 0.319 e. The summed E-state index contributed by atoms with van der Waals surface area (Å²) >= 11 is 0. The Morgan fingerprint density at radius 1 is 1.24 bits per heavy atom. The number of likely N-dealkylation sites (N-methyl/N-ethyl adjacent to an activating group) is 2. The molecule has 0 spiro atoms. The minimum Gasteiger partial charge on any atom is -0.319 e. The maximum atomic E-state index is 12.0. The summed E-state index contributed by atoms with van der Waals surface area (Å²) in [5.74, 6) is 0.170. The van der Waals surface area contributed by atoms with Gasteiger partial charge in [0, 0.05) is 25.7 Å². The van der Waals surface area contributed by atoms with Crippen LogP contribution in [0.2, 0.25) is 0 Å². The molecule has 0 aromatic rings. The molecule has 0 unspecified atom stereocenters. The van der Waals surface area contributed by atoms with Gasteiger partial charge < -0.3 is 10.2 Å². The van der Waals surface area contributed by atoms with Gasteiger partial charge >= 0.3 is 0 Å². The van der Waals surface area contributed by atoms with E-state index in [0.717, 1.165) is 12.8 Å². The van der Waals surface area contributed by atoms with Crippen molar-refractivity contribution in [2.24, 2.45) is 0 Å². The molecule has 0 aliphatic heterocycles. The van der Waals surface area contributed by atoms with Gasteiger partial charge in [0.15, 0.2) is 0 Å². The summed E-state index contributed by atoms with van der Waals surface area (Å²) in [4.78, 5) is 2.17. The third kappa shape index (κ3) is 3.40. The number of nitrogens with one attached hydrogen (secondary N) is 1. The molecule has 0 heterocycles. The maximum absolute atomic E-state index is 12.0. The Morgan fingerprint density at radius 2 is 1.82 bits per heavy atom. The van der Waals surface area contributed by atoms with Gasteiger partial charge in [0.05, 0.1) is 5.75 Å². The van der Waals surface area contributed by atoms with Crippen molar-refractivity contribution >= 4 is 10.0 Å². The van der Waals surface area contributed by atoms with Crippen molar-refractivity contribution < 1.29 is 8.42 Å². The van der Waals surface area contributed by atoms with Crippen LogP contribution in [-0.4, -0.2) is 70.2 Å². The summed E-state index contributed by atoms with van der Waals surface area (Å²) < 4.78 is 25.5. The first kappa shape index (κ1) is 14.9. The van der Waals surface area contributed by atoms with Gasteiger partial charge in [-0.15, -0.1) is 0 Å². The monoisotopic (exact) mass is 263 g/mol. The van der Waals surface area contributed by atoms with Crippen molar-refractivity contribution in [2.45, 2.75) is 24.8 Å². The second kappa shape index (κ2) is 5.65. The minimum absolute atomic E-state index is 0.0570. The molecule has 17 heavy (non-hydrogen) atoms. The summed E-state index contributed by atoms with van der Waals surface area (Å²) in [5.41, 5.74) is 0.0570. The minimum atomic E-state index is -3.12. The lowest BCUT2D eigenvalue weighted by Gasteiger charge is -2.49. The van der Waals surface area contributed by atoms with Crippen molar-refractivity contribution in [3.8, 4) is 0 Å². The average molecular weight is 263 g/mol. The molecule has 1 fully saturated rings. The highest BCUT2D eigenvalue weighted by molar-refractivity contribution is 7.89. The number of sulfonamides is 1. The van der Waals surface area contributed by atoms with Crippen LogP contribution in [0, 0.1) is 0 Å². The van der Waals surface area contributed by atoms with Crippen molar-refractivity contribution in [3.05, 3.63) is 0 Å². The van der Waals surface area contributed by atoms with E-state index in [-0.39, 0.29) is 11.3 Å². The van der Waals surface area contributed by atoms with E-state index in [2.05, 4.69) is 10.2 Å². The highest BCUT2D eigenvalue weighted by Gasteiger charge is 2.41. The fraction of sp³-hybridized carbons (Fsp3) is 1.00. The highest BCUT2D eigenvalue weighted by atomic mass is 32.2. The van der Waals surface area contributed by atoms with Crippen LogP contribution in [-0.2, 0) is 10.0 Å². The quantitative estimate of drug-likeness (QED) is 0.700. The molecule has 1 rings (SSSR count). The van der Waals surface area contributed by atoms with Crippen LogP contribution in [0.3, 0.4) is 0 Å². The van der Waals surface area contributed by atoms with E-state index in [1.807, 2.05) is 14.1 Å². The summed E-state index contributed by atoms with van der Waals surface area (Å²) in [6.07, 6.45) is 3.38. The molecule has 1 N–H and O–H groups in total. The van der Waals surface area contributed by atoms with Crippen LogP contribution in [0.25, 0.3) is 0 Å². The lowest BCUT2D eigenvalue weighted by Crippen LogP contribution is -2.57. The molecule has 6 heteroatoms. The van der Waals surface area contributed by atoms with Gasteiger partial charge in [-0.25, -0.2) is 12.7 Å². The van der Waals surface area contributed by atoms with E-state index in [1.165, 1.54) is 10.7 Å². The molecule has 0 aromatic carbocycles. The van der Waals surface area contributed by atoms with Gasteiger partial charge in [-0.1, -0.05) is 0 Å². The zero-order valence-corrected chi connectivity index (χ0v) is 12.2. The van der Waals surface area contributed by atoms with Gasteiger partial charge in [0.2, 0.25) is 10.0 Å². The summed E-state index contributed by atoms with van der Waals surface area (Å²) in [6, 6.07) is 0. The van der Waals surface area contributed by atoms with Gasteiger partial charge in [-0.05, 0) is 40.4 Å². The number of rotatable bonds is 7. The Balaban J connectivity index is 2.61. The molecule has 0 radical (unpaired) electrons. The second-order valence-corrected chi connectivity index (χ2v) is 7.34. The molecule has 1 saturated carbocycles. The molecule has 0 saturated heterocycles. The SMILES string of the molecule is CNCCS(=O)(=O)N(C)CC1(N(C)C)CCC1. The Bertz CT molecular complexity index is 337. The first-order valence-electron chi connectivity index (χ1n) is 6.10. The van der Waals surface area contributed by atoms with Crippen molar-refractivity contribution in [3.63, 3.8) is 0 Å². The molecule has 0 aromatic heterocycles. The summed E-state index contributed by atoms with van der Waals surface area (Å²) in [5, 5.41) is 2.88. The van der Waals surface area contributed by atoms with Gasteiger partial charge in [-0.3, -0.25) is 0 Å². The number of hydrogen-bond donors (Lipinski definition) is 1. The average Bonchev–Trinajstić information content (AvgIpc) is 2.19. The maximum Gasteiger partial charge on any atom is 0.215 e. The first-order valence-corrected chi connectivity index (χ1v) is 7.71.